The number of benzene rings is 2. The lowest BCUT2D eigenvalue weighted by Crippen LogP contribution is -2.51. The Hall–Kier alpha value is -2.98. The van der Waals surface area contributed by atoms with Crippen molar-refractivity contribution in [3.8, 4) is 11.5 Å². The fraction of sp³-hybridized carbons (Fsp3) is 0.417. The Morgan fingerprint density at radius 1 is 1.09 bits per heavy atom. The molecule has 0 aliphatic carbocycles. The van der Waals surface area contributed by atoms with Gasteiger partial charge in [-0.1, -0.05) is 29.8 Å². The number of anilines is 1. The Morgan fingerprint density at radius 3 is 2.43 bits per heavy atom. The summed E-state index contributed by atoms with van der Waals surface area (Å²) in [5.41, 5.74) is 0.913. The molecule has 2 aromatic carbocycles. The first-order valence-electron chi connectivity index (χ1n) is 11.4. The van der Waals surface area contributed by atoms with Crippen molar-refractivity contribution >= 4 is 39.1 Å². The molecule has 1 aliphatic rings. The molecule has 11 heteroatoms. The number of likely N-dealkylation sites (N-methyl/N-ethyl adjacent to an activating group) is 1. The number of carbonyl (C=O) groups is 2. The van der Waals surface area contributed by atoms with Crippen LogP contribution in [0.15, 0.2) is 42.5 Å². The van der Waals surface area contributed by atoms with Gasteiger partial charge in [-0.2, -0.15) is 0 Å². The summed E-state index contributed by atoms with van der Waals surface area (Å²) >= 11 is 6.31. The van der Waals surface area contributed by atoms with Gasteiger partial charge >= 0.3 is 0 Å². The van der Waals surface area contributed by atoms with Crippen molar-refractivity contribution in [2.24, 2.45) is 0 Å². The second-order valence-corrected chi connectivity index (χ2v) is 10.5. The number of halogens is 1. The van der Waals surface area contributed by atoms with Crippen LogP contribution in [0.1, 0.15) is 26.3 Å². The van der Waals surface area contributed by atoms with Gasteiger partial charge in [-0.3, -0.25) is 13.9 Å². The van der Waals surface area contributed by atoms with Crippen LogP contribution in [0.5, 0.6) is 11.5 Å². The van der Waals surface area contributed by atoms with Crippen LogP contribution >= 0.6 is 11.6 Å². The first kappa shape index (κ1) is 26.6. The lowest BCUT2D eigenvalue weighted by Gasteiger charge is -2.32. The molecule has 1 aliphatic heterocycles. The molecule has 0 bridgehead atoms. The number of sulfonamides is 1. The minimum absolute atomic E-state index is 0.0396. The summed E-state index contributed by atoms with van der Waals surface area (Å²) < 4.78 is 38.2. The maximum absolute atomic E-state index is 13.6. The van der Waals surface area contributed by atoms with Crippen LogP contribution in [0.3, 0.4) is 0 Å². The van der Waals surface area contributed by atoms with Gasteiger partial charge in [0, 0.05) is 24.2 Å². The number of nitrogens with one attached hydrogen (secondary N) is 1. The summed E-state index contributed by atoms with van der Waals surface area (Å²) in [6.07, 6.45) is 0. The zero-order chi connectivity index (χ0) is 25.6. The smallest absolute Gasteiger partial charge is 0.244 e. The predicted octanol–water partition coefficient (Wildman–Crippen LogP) is 2.82. The molecule has 190 valence electrons. The molecule has 2 amide bonds. The van der Waals surface area contributed by atoms with E-state index >= 15 is 0 Å². The number of rotatable bonds is 10. The second-order valence-electron chi connectivity index (χ2n) is 7.92. The Balaban J connectivity index is 1.96. The lowest BCUT2D eigenvalue weighted by atomic mass is 10.1. The van der Waals surface area contributed by atoms with E-state index in [0.29, 0.717) is 41.8 Å². The van der Waals surface area contributed by atoms with E-state index in [2.05, 4.69) is 5.32 Å². The minimum atomic E-state index is -3.84. The third-order valence-corrected chi connectivity index (χ3v) is 7.72. The minimum Gasteiger partial charge on any atom is -0.486 e. The number of amides is 2. The number of carbonyl (C=O) groups excluding carboxylic acids is 2. The van der Waals surface area contributed by atoms with Crippen molar-refractivity contribution in [2.45, 2.75) is 33.4 Å². The molecule has 0 unspecified atom stereocenters. The highest BCUT2D eigenvalue weighted by Crippen LogP contribution is 2.35. The van der Waals surface area contributed by atoms with Gasteiger partial charge in [0.05, 0.1) is 11.4 Å². The summed E-state index contributed by atoms with van der Waals surface area (Å²) in [4.78, 5) is 27.6. The molecule has 0 saturated carbocycles. The number of hydrogen-bond donors (Lipinski definition) is 1. The number of nitrogens with zero attached hydrogens (tertiary/aromatic N) is 2. The van der Waals surface area contributed by atoms with E-state index in [1.165, 1.54) is 11.8 Å². The monoisotopic (exact) mass is 523 g/mol. The maximum Gasteiger partial charge on any atom is 0.244 e. The quantitative estimate of drug-likeness (QED) is 0.513. The molecule has 0 fully saturated rings. The van der Waals surface area contributed by atoms with E-state index in [0.717, 1.165) is 4.31 Å². The normalized spacial score (nSPS) is 13.6. The third-order valence-electron chi connectivity index (χ3n) is 5.61. The van der Waals surface area contributed by atoms with Crippen LogP contribution in [0.25, 0.3) is 0 Å². The van der Waals surface area contributed by atoms with E-state index in [1.54, 1.807) is 56.3 Å². The van der Waals surface area contributed by atoms with Crippen molar-refractivity contribution in [1.29, 1.82) is 0 Å². The fourth-order valence-corrected chi connectivity index (χ4v) is 4.87. The van der Waals surface area contributed by atoms with Gasteiger partial charge in [0.15, 0.2) is 11.5 Å². The van der Waals surface area contributed by atoms with Crippen molar-refractivity contribution in [3.05, 3.63) is 53.1 Å². The summed E-state index contributed by atoms with van der Waals surface area (Å²) in [5, 5.41) is 3.16. The largest absolute Gasteiger partial charge is 0.486 e. The highest BCUT2D eigenvalue weighted by atomic mass is 35.5. The topological polar surface area (TPSA) is 105 Å². The highest BCUT2D eigenvalue weighted by Gasteiger charge is 2.31. The molecule has 35 heavy (non-hydrogen) atoms. The molecule has 0 saturated heterocycles. The van der Waals surface area contributed by atoms with Gasteiger partial charge in [-0.05, 0) is 44.5 Å². The molecule has 1 heterocycles. The molecule has 0 spiro atoms. The van der Waals surface area contributed by atoms with Crippen molar-refractivity contribution in [2.75, 3.05) is 36.4 Å². The molecule has 1 atom stereocenters. The molecule has 0 aromatic heterocycles. The van der Waals surface area contributed by atoms with Crippen LogP contribution < -0.4 is 19.1 Å². The Bertz CT molecular complexity index is 1170. The average Bonchev–Trinajstić information content (AvgIpc) is 2.86. The van der Waals surface area contributed by atoms with Gasteiger partial charge in [0.2, 0.25) is 21.8 Å². The first-order chi connectivity index (χ1) is 16.7. The van der Waals surface area contributed by atoms with Crippen LogP contribution in [-0.4, -0.2) is 63.2 Å². The summed E-state index contributed by atoms with van der Waals surface area (Å²) in [5.74, 6) is -0.204. The Kier molecular flexibility index (Phi) is 8.85. The van der Waals surface area contributed by atoms with E-state index in [9.17, 15) is 18.0 Å². The first-order valence-corrected chi connectivity index (χ1v) is 13.4. The Labute approximate surface area is 211 Å². The van der Waals surface area contributed by atoms with Crippen LogP contribution in [0, 0.1) is 0 Å². The van der Waals surface area contributed by atoms with Crippen molar-refractivity contribution < 1.29 is 27.5 Å². The lowest BCUT2D eigenvalue weighted by molar-refractivity contribution is -0.139. The van der Waals surface area contributed by atoms with E-state index in [1.807, 2.05) is 0 Å². The molecule has 3 rings (SSSR count). The highest BCUT2D eigenvalue weighted by molar-refractivity contribution is 7.92. The summed E-state index contributed by atoms with van der Waals surface area (Å²) in [6, 6.07) is 10.9. The molecule has 1 N–H and O–H groups in total. The van der Waals surface area contributed by atoms with Crippen LogP contribution in [-0.2, 0) is 26.2 Å². The van der Waals surface area contributed by atoms with E-state index < -0.39 is 28.5 Å². The van der Waals surface area contributed by atoms with Gasteiger partial charge < -0.3 is 19.7 Å². The molecular weight excluding hydrogens is 494 g/mol. The van der Waals surface area contributed by atoms with Gasteiger partial charge in [-0.15, -0.1) is 0 Å². The van der Waals surface area contributed by atoms with Crippen LogP contribution in [0.4, 0.5) is 5.69 Å². The zero-order valence-corrected chi connectivity index (χ0v) is 21.6. The van der Waals surface area contributed by atoms with Gasteiger partial charge in [-0.25, -0.2) is 8.42 Å². The molecule has 9 nitrogen and oxygen atoms in total. The van der Waals surface area contributed by atoms with Crippen LogP contribution in [0.2, 0.25) is 5.02 Å². The second kappa shape index (κ2) is 11.6. The number of fused-ring (bicyclic) bond motifs is 1. The van der Waals surface area contributed by atoms with Crippen molar-refractivity contribution in [3.63, 3.8) is 0 Å². The molecular formula is C24H30ClN3O6S. The number of hydrogen-bond acceptors (Lipinski definition) is 6. The van der Waals surface area contributed by atoms with E-state index in [4.69, 9.17) is 21.1 Å². The third kappa shape index (κ3) is 6.37. The molecule has 2 aromatic rings. The van der Waals surface area contributed by atoms with Gasteiger partial charge in [0.25, 0.3) is 0 Å². The fourth-order valence-electron chi connectivity index (χ4n) is 3.62. The van der Waals surface area contributed by atoms with Crippen molar-refractivity contribution in [1.82, 2.24) is 10.2 Å². The van der Waals surface area contributed by atoms with E-state index in [-0.39, 0.29) is 23.9 Å². The summed E-state index contributed by atoms with van der Waals surface area (Å²) in [7, 11) is -3.84. The average molecular weight is 524 g/mol. The predicted molar refractivity (Wildman–Crippen MR) is 134 cm³/mol. The number of ether oxygens (including phenoxy) is 2. The molecule has 0 radical (unpaired) electrons. The van der Waals surface area contributed by atoms with Gasteiger partial charge in [0.1, 0.15) is 25.8 Å². The summed E-state index contributed by atoms with van der Waals surface area (Å²) in [6.45, 7) is 5.56. The SMILES string of the molecule is CCNC(=O)[C@@H](C)N(Cc1ccccc1Cl)C(=O)CN(c1ccc2c(c1)OCCO2)S(=O)(=O)CC. The Morgan fingerprint density at radius 2 is 1.77 bits per heavy atom. The standard InChI is InChI=1S/C24H30ClN3O6S/c1-4-26-24(30)17(3)27(15-18-8-6-7-9-20(18)25)23(29)16-28(35(31,32)5-2)19-10-11-21-22(14-19)34-13-12-33-21/h6-11,14,17H,4-5,12-13,15-16H2,1-3H3,(H,26,30)/t17-/m1/s1. The maximum atomic E-state index is 13.6. The zero-order valence-electron chi connectivity index (χ0n) is 20.0.